The molecule has 0 aliphatic rings. The van der Waals surface area contributed by atoms with Crippen molar-refractivity contribution in [3.05, 3.63) is 30.1 Å². The molecule has 0 fully saturated rings. The van der Waals surface area contributed by atoms with E-state index in [-0.39, 0.29) is 0 Å². The molecule has 0 atom stereocenters. The maximum atomic E-state index is 5.57. The SMILES string of the molecule is CCCCCCCOCCNCc1ccccn1. The second-order valence-electron chi connectivity index (χ2n) is 4.52. The molecule has 3 nitrogen and oxygen atoms in total. The number of hydrogen-bond donors (Lipinski definition) is 1. The van der Waals surface area contributed by atoms with Gasteiger partial charge in [-0.3, -0.25) is 4.98 Å². The van der Waals surface area contributed by atoms with Crippen molar-refractivity contribution in [2.24, 2.45) is 0 Å². The lowest BCUT2D eigenvalue weighted by Gasteiger charge is -2.06. The highest BCUT2D eigenvalue weighted by atomic mass is 16.5. The first kappa shape index (κ1) is 15.1. The molecule has 0 saturated carbocycles. The van der Waals surface area contributed by atoms with Gasteiger partial charge in [0.15, 0.2) is 0 Å². The molecule has 102 valence electrons. The molecule has 0 radical (unpaired) electrons. The first-order valence-electron chi connectivity index (χ1n) is 7.12. The van der Waals surface area contributed by atoms with Crippen LogP contribution in [0.15, 0.2) is 24.4 Å². The minimum Gasteiger partial charge on any atom is -0.380 e. The van der Waals surface area contributed by atoms with Crippen LogP contribution in [0.2, 0.25) is 0 Å². The molecule has 0 aromatic carbocycles. The molecule has 18 heavy (non-hydrogen) atoms. The highest BCUT2D eigenvalue weighted by Crippen LogP contribution is 2.02. The Labute approximate surface area is 111 Å². The maximum Gasteiger partial charge on any atom is 0.0591 e. The Morgan fingerprint density at radius 3 is 2.78 bits per heavy atom. The summed E-state index contributed by atoms with van der Waals surface area (Å²) in [4.78, 5) is 4.25. The van der Waals surface area contributed by atoms with Gasteiger partial charge >= 0.3 is 0 Å². The van der Waals surface area contributed by atoms with Crippen LogP contribution in [-0.2, 0) is 11.3 Å². The molecule has 0 unspecified atom stereocenters. The molecule has 0 spiro atoms. The molecule has 0 aliphatic heterocycles. The number of nitrogens with one attached hydrogen (secondary N) is 1. The van der Waals surface area contributed by atoms with Gasteiger partial charge in [-0.05, 0) is 18.6 Å². The summed E-state index contributed by atoms with van der Waals surface area (Å²) < 4.78 is 5.57. The van der Waals surface area contributed by atoms with Crippen LogP contribution in [0.3, 0.4) is 0 Å². The van der Waals surface area contributed by atoms with Crippen molar-refractivity contribution >= 4 is 0 Å². The van der Waals surface area contributed by atoms with Crippen molar-refractivity contribution in [3.8, 4) is 0 Å². The fraction of sp³-hybridized carbons (Fsp3) is 0.667. The van der Waals surface area contributed by atoms with Gasteiger partial charge in [-0.1, -0.05) is 38.7 Å². The normalized spacial score (nSPS) is 10.7. The van der Waals surface area contributed by atoms with E-state index in [2.05, 4.69) is 17.2 Å². The van der Waals surface area contributed by atoms with E-state index < -0.39 is 0 Å². The molecule has 3 heteroatoms. The standard InChI is InChI=1S/C15H26N2O/c1-2-3-4-5-8-12-18-13-11-16-14-15-9-6-7-10-17-15/h6-7,9-10,16H,2-5,8,11-14H2,1H3. The predicted octanol–water partition coefficient (Wildman–Crippen LogP) is 3.16. The highest BCUT2D eigenvalue weighted by molar-refractivity contribution is 5.02. The topological polar surface area (TPSA) is 34.1 Å². The summed E-state index contributed by atoms with van der Waals surface area (Å²) >= 11 is 0. The minimum absolute atomic E-state index is 0.792. The third kappa shape index (κ3) is 8.20. The largest absolute Gasteiger partial charge is 0.380 e. The van der Waals surface area contributed by atoms with Crippen molar-refractivity contribution in [1.82, 2.24) is 10.3 Å². The van der Waals surface area contributed by atoms with Crippen LogP contribution in [0.25, 0.3) is 0 Å². The van der Waals surface area contributed by atoms with Crippen molar-refractivity contribution in [2.45, 2.75) is 45.6 Å². The van der Waals surface area contributed by atoms with E-state index in [9.17, 15) is 0 Å². The Morgan fingerprint density at radius 2 is 2.00 bits per heavy atom. The molecule has 0 amide bonds. The number of rotatable bonds is 11. The van der Waals surface area contributed by atoms with Gasteiger partial charge in [0.05, 0.1) is 12.3 Å². The lowest BCUT2D eigenvalue weighted by molar-refractivity contribution is 0.131. The van der Waals surface area contributed by atoms with Gasteiger partial charge in [-0.25, -0.2) is 0 Å². The van der Waals surface area contributed by atoms with Gasteiger partial charge in [-0.15, -0.1) is 0 Å². The first-order chi connectivity index (χ1) is 8.93. The van der Waals surface area contributed by atoms with Gasteiger partial charge in [0.1, 0.15) is 0 Å². The zero-order chi connectivity index (χ0) is 12.9. The Bertz CT molecular complexity index is 277. The molecule has 1 rings (SSSR count). The average Bonchev–Trinajstić information content (AvgIpc) is 2.42. The second kappa shape index (κ2) is 11.2. The van der Waals surface area contributed by atoms with Crippen molar-refractivity contribution < 1.29 is 4.74 Å². The fourth-order valence-electron chi connectivity index (χ4n) is 1.77. The van der Waals surface area contributed by atoms with E-state index in [0.29, 0.717) is 0 Å². The minimum atomic E-state index is 0.792. The van der Waals surface area contributed by atoms with Crippen LogP contribution >= 0.6 is 0 Å². The summed E-state index contributed by atoms with van der Waals surface area (Å²) in [6.45, 7) is 5.64. The summed E-state index contributed by atoms with van der Waals surface area (Å²) in [6.07, 6.45) is 8.32. The van der Waals surface area contributed by atoms with E-state index in [1.165, 1.54) is 32.1 Å². The van der Waals surface area contributed by atoms with Crippen LogP contribution in [0.1, 0.15) is 44.7 Å². The molecular formula is C15H26N2O. The molecule has 1 aromatic heterocycles. The quantitative estimate of drug-likeness (QED) is 0.613. The zero-order valence-corrected chi connectivity index (χ0v) is 11.5. The smallest absolute Gasteiger partial charge is 0.0591 e. The van der Waals surface area contributed by atoms with Gasteiger partial charge in [0.2, 0.25) is 0 Å². The Balaban J connectivity index is 1.82. The Morgan fingerprint density at radius 1 is 1.11 bits per heavy atom. The summed E-state index contributed by atoms with van der Waals surface area (Å²) in [5.74, 6) is 0. The van der Waals surface area contributed by atoms with E-state index >= 15 is 0 Å². The number of nitrogens with zero attached hydrogens (tertiary/aromatic N) is 1. The number of pyridine rings is 1. The van der Waals surface area contributed by atoms with E-state index in [1.54, 1.807) is 0 Å². The maximum absolute atomic E-state index is 5.57. The average molecular weight is 250 g/mol. The summed E-state index contributed by atoms with van der Waals surface area (Å²) in [5, 5.41) is 3.33. The van der Waals surface area contributed by atoms with Crippen molar-refractivity contribution in [1.29, 1.82) is 0 Å². The third-order valence-electron chi connectivity index (χ3n) is 2.85. The van der Waals surface area contributed by atoms with Crippen LogP contribution in [0.5, 0.6) is 0 Å². The summed E-state index contributed by atoms with van der Waals surface area (Å²) in [5.41, 5.74) is 1.08. The van der Waals surface area contributed by atoms with Gasteiger partial charge in [0, 0.05) is 25.9 Å². The molecule has 0 bridgehead atoms. The fourth-order valence-corrected chi connectivity index (χ4v) is 1.77. The summed E-state index contributed by atoms with van der Waals surface area (Å²) in [6, 6.07) is 5.98. The lowest BCUT2D eigenvalue weighted by atomic mass is 10.2. The monoisotopic (exact) mass is 250 g/mol. The number of unbranched alkanes of at least 4 members (excludes halogenated alkanes) is 4. The van der Waals surface area contributed by atoms with Crippen LogP contribution in [-0.4, -0.2) is 24.7 Å². The number of aromatic nitrogens is 1. The van der Waals surface area contributed by atoms with Crippen molar-refractivity contribution in [2.75, 3.05) is 19.8 Å². The van der Waals surface area contributed by atoms with E-state index in [4.69, 9.17) is 4.74 Å². The van der Waals surface area contributed by atoms with Gasteiger partial charge in [0.25, 0.3) is 0 Å². The highest BCUT2D eigenvalue weighted by Gasteiger charge is 1.93. The Kier molecular flexibility index (Phi) is 9.39. The van der Waals surface area contributed by atoms with Gasteiger partial charge < -0.3 is 10.1 Å². The molecule has 1 heterocycles. The van der Waals surface area contributed by atoms with Gasteiger partial charge in [-0.2, -0.15) is 0 Å². The predicted molar refractivity (Wildman–Crippen MR) is 75.5 cm³/mol. The molecule has 1 N–H and O–H groups in total. The zero-order valence-electron chi connectivity index (χ0n) is 11.5. The second-order valence-corrected chi connectivity index (χ2v) is 4.52. The molecule has 1 aromatic rings. The van der Waals surface area contributed by atoms with E-state index in [1.807, 2.05) is 24.4 Å². The number of hydrogen-bond acceptors (Lipinski definition) is 3. The van der Waals surface area contributed by atoms with Crippen LogP contribution < -0.4 is 5.32 Å². The van der Waals surface area contributed by atoms with Crippen LogP contribution in [0.4, 0.5) is 0 Å². The number of ether oxygens (including phenoxy) is 1. The first-order valence-corrected chi connectivity index (χ1v) is 7.12. The molecular weight excluding hydrogens is 224 g/mol. The Hall–Kier alpha value is -0.930. The van der Waals surface area contributed by atoms with Crippen LogP contribution in [0, 0.1) is 0 Å². The summed E-state index contributed by atoms with van der Waals surface area (Å²) in [7, 11) is 0. The third-order valence-corrected chi connectivity index (χ3v) is 2.85. The lowest BCUT2D eigenvalue weighted by Crippen LogP contribution is -2.20. The van der Waals surface area contributed by atoms with E-state index in [0.717, 1.165) is 32.0 Å². The van der Waals surface area contributed by atoms with Crippen molar-refractivity contribution in [3.63, 3.8) is 0 Å². The molecule has 0 saturated heterocycles. The molecule has 0 aliphatic carbocycles.